The van der Waals surface area contributed by atoms with Gasteiger partial charge in [-0.3, -0.25) is 0 Å². The van der Waals surface area contributed by atoms with Gasteiger partial charge in [0.25, 0.3) is 0 Å². The summed E-state index contributed by atoms with van der Waals surface area (Å²) in [7, 11) is -3.25. The summed E-state index contributed by atoms with van der Waals surface area (Å²) in [6.45, 7) is 7.19. The first-order chi connectivity index (χ1) is 8.01. The summed E-state index contributed by atoms with van der Waals surface area (Å²) in [5.41, 5.74) is -0.295. The van der Waals surface area contributed by atoms with Gasteiger partial charge in [0.05, 0.1) is 12.5 Å². The standard InChI is InChI=1S/C11H20N2O4S/c1-7(18(5,15)16)10-12-9(17-13-10)6-8(14)11(2,3)4/h7-8,14H,6H2,1-5H3. The van der Waals surface area contributed by atoms with Crippen molar-refractivity contribution < 1.29 is 18.0 Å². The molecule has 1 rings (SSSR count). The van der Waals surface area contributed by atoms with Crippen LogP contribution in [0.3, 0.4) is 0 Å². The number of hydrogen-bond acceptors (Lipinski definition) is 6. The summed E-state index contributed by atoms with van der Waals surface area (Å²) in [6, 6.07) is 0. The molecule has 0 amide bonds. The minimum atomic E-state index is -3.25. The van der Waals surface area contributed by atoms with E-state index in [0.29, 0.717) is 0 Å². The topological polar surface area (TPSA) is 93.3 Å². The summed E-state index contributed by atoms with van der Waals surface area (Å²) in [5, 5.41) is 12.7. The lowest BCUT2D eigenvalue weighted by molar-refractivity contribution is 0.0565. The third-order valence-corrected chi connectivity index (χ3v) is 4.35. The van der Waals surface area contributed by atoms with Crippen LogP contribution in [0.1, 0.15) is 44.7 Å². The molecular weight excluding hydrogens is 256 g/mol. The fraction of sp³-hybridized carbons (Fsp3) is 0.818. The summed E-state index contributed by atoms with van der Waals surface area (Å²) < 4.78 is 27.7. The van der Waals surface area contributed by atoms with Crippen molar-refractivity contribution in [2.45, 2.75) is 45.5 Å². The lowest BCUT2D eigenvalue weighted by Gasteiger charge is -2.24. The van der Waals surface area contributed by atoms with Gasteiger partial charge in [0.1, 0.15) is 5.25 Å². The van der Waals surface area contributed by atoms with Gasteiger partial charge in [-0.25, -0.2) is 8.42 Å². The zero-order valence-corrected chi connectivity index (χ0v) is 12.2. The van der Waals surface area contributed by atoms with Crippen molar-refractivity contribution in [3.8, 4) is 0 Å². The van der Waals surface area contributed by atoms with Crippen LogP contribution in [0.2, 0.25) is 0 Å². The number of hydrogen-bond donors (Lipinski definition) is 1. The van der Waals surface area contributed by atoms with Crippen molar-refractivity contribution in [1.82, 2.24) is 10.1 Å². The fourth-order valence-electron chi connectivity index (χ4n) is 1.18. The highest BCUT2D eigenvalue weighted by Gasteiger charge is 2.27. The van der Waals surface area contributed by atoms with Crippen LogP contribution >= 0.6 is 0 Å². The highest BCUT2D eigenvalue weighted by Crippen LogP contribution is 2.23. The van der Waals surface area contributed by atoms with Crippen molar-refractivity contribution in [3.63, 3.8) is 0 Å². The molecule has 1 N–H and O–H groups in total. The second-order valence-corrected chi connectivity index (χ2v) is 7.97. The molecule has 0 aliphatic heterocycles. The Labute approximate surface area is 107 Å². The molecule has 0 saturated carbocycles. The Hall–Kier alpha value is -0.950. The number of rotatable bonds is 4. The van der Waals surface area contributed by atoms with Gasteiger partial charge in [-0.2, -0.15) is 4.98 Å². The van der Waals surface area contributed by atoms with Crippen molar-refractivity contribution in [2.75, 3.05) is 6.26 Å². The van der Waals surface area contributed by atoms with Gasteiger partial charge in [0.15, 0.2) is 15.7 Å². The molecule has 1 aromatic rings. The van der Waals surface area contributed by atoms with Gasteiger partial charge < -0.3 is 9.63 Å². The predicted octanol–water partition coefficient (Wildman–Crippen LogP) is 1.12. The van der Waals surface area contributed by atoms with Crippen molar-refractivity contribution in [3.05, 3.63) is 11.7 Å². The second kappa shape index (κ2) is 4.97. The monoisotopic (exact) mass is 276 g/mol. The SMILES string of the molecule is CC(c1noc(CC(O)C(C)(C)C)n1)S(C)(=O)=O. The summed E-state index contributed by atoms with van der Waals surface area (Å²) in [5.74, 6) is 0.386. The van der Waals surface area contributed by atoms with E-state index in [-0.39, 0.29) is 23.6 Å². The molecule has 0 bridgehead atoms. The molecular formula is C11H20N2O4S. The van der Waals surface area contributed by atoms with Gasteiger partial charge in [0.2, 0.25) is 5.89 Å². The first-order valence-corrected chi connectivity index (χ1v) is 7.66. The van der Waals surface area contributed by atoms with E-state index in [2.05, 4.69) is 10.1 Å². The van der Waals surface area contributed by atoms with E-state index in [9.17, 15) is 13.5 Å². The zero-order chi connectivity index (χ0) is 14.1. The highest BCUT2D eigenvalue weighted by molar-refractivity contribution is 7.90. The quantitative estimate of drug-likeness (QED) is 0.886. The summed E-state index contributed by atoms with van der Waals surface area (Å²) in [6.07, 6.45) is 0.712. The normalized spacial score (nSPS) is 16.6. The Morgan fingerprint density at radius 1 is 1.39 bits per heavy atom. The van der Waals surface area contributed by atoms with Crippen molar-refractivity contribution in [2.24, 2.45) is 5.41 Å². The average molecular weight is 276 g/mol. The number of aliphatic hydroxyl groups is 1. The van der Waals surface area contributed by atoms with Crippen LogP contribution in [0.5, 0.6) is 0 Å². The Morgan fingerprint density at radius 2 is 1.94 bits per heavy atom. The van der Waals surface area contributed by atoms with E-state index >= 15 is 0 Å². The Balaban J connectivity index is 2.82. The minimum absolute atomic E-state index is 0.133. The molecule has 1 heterocycles. The summed E-state index contributed by atoms with van der Waals surface area (Å²) >= 11 is 0. The van der Waals surface area contributed by atoms with Crippen LogP contribution in [-0.4, -0.2) is 36.0 Å². The fourth-order valence-corrected chi connectivity index (χ4v) is 1.66. The molecule has 0 aliphatic carbocycles. The van der Waals surface area contributed by atoms with E-state index < -0.39 is 21.2 Å². The average Bonchev–Trinajstić information content (AvgIpc) is 2.62. The zero-order valence-electron chi connectivity index (χ0n) is 11.3. The Morgan fingerprint density at radius 3 is 2.39 bits per heavy atom. The molecule has 0 aromatic carbocycles. The molecule has 2 atom stereocenters. The maximum Gasteiger partial charge on any atom is 0.229 e. The molecule has 104 valence electrons. The first-order valence-electron chi connectivity index (χ1n) is 5.71. The molecule has 18 heavy (non-hydrogen) atoms. The van der Waals surface area contributed by atoms with E-state index in [1.165, 1.54) is 6.92 Å². The van der Waals surface area contributed by atoms with Crippen molar-refractivity contribution >= 4 is 9.84 Å². The number of sulfone groups is 1. The van der Waals surface area contributed by atoms with Gasteiger partial charge in [-0.05, 0) is 12.3 Å². The number of nitrogens with zero attached hydrogens (tertiary/aromatic N) is 2. The van der Waals surface area contributed by atoms with E-state index in [1.54, 1.807) is 0 Å². The van der Waals surface area contributed by atoms with Crippen LogP contribution in [0.15, 0.2) is 4.52 Å². The lowest BCUT2D eigenvalue weighted by atomic mass is 9.87. The first kappa shape index (κ1) is 15.1. The molecule has 7 heteroatoms. The second-order valence-electron chi connectivity index (χ2n) is 5.60. The van der Waals surface area contributed by atoms with E-state index in [4.69, 9.17) is 4.52 Å². The lowest BCUT2D eigenvalue weighted by Crippen LogP contribution is -2.28. The van der Waals surface area contributed by atoms with E-state index in [1.807, 2.05) is 20.8 Å². The largest absolute Gasteiger partial charge is 0.392 e. The van der Waals surface area contributed by atoms with Crippen molar-refractivity contribution in [1.29, 1.82) is 0 Å². The van der Waals surface area contributed by atoms with Crippen LogP contribution < -0.4 is 0 Å². The van der Waals surface area contributed by atoms with Gasteiger partial charge >= 0.3 is 0 Å². The molecule has 0 fully saturated rings. The summed E-state index contributed by atoms with van der Waals surface area (Å²) in [4.78, 5) is 4.01. The highest BCUT2D eigenvalue weighted by atomic mass is 32.2. The molecule has 2 unspecified atom stereocenters. The Bertz CT molecular complexity index is 501. The van der Waals surface area contributed by atoms with Gasteiger partial charge in [-0.15, -0.1) is 0 Å². The molecule has 1 aromatic heterocycles. The smallest absolute Gasteiger partial charge is 0.229 e. The maximum atomic E-state index is 11.4. The van der Waals surface area contributed by atoms with Crippen LogP contribution in [-0.2, 0) is 16.3 Å². The van der Waals surface area contributed by atoms with Gasteiger partial charge in [0, 0.05) is 6.26 Å². The number of aliphatic hydroxyl groups excluding tert-OH is 1. The van der Waals surface area contributed by atoms with Gasteiger partial charge in [-0.1, -0.05) is 25.9 Å². The molecule has 0 saturated heterocycles. The Kier molecular flexibility index (Phi) is 4.17. The minimum Gasteiger partial charge on any atom is -0.392 e. The third-order valence-electron chi connectivity index (χ3n) is 2.86. The van der Waals surface area contributed by atoms with Crippen LogP contribution in [0.25, 0.3) is 0 Å². The number of aromatic nitrogens is 2. The van der Waals surface area contributed by atoms with Crippen LogP contribution in [0, 0.1) is 5.41 Å². The maximum absolute atomic E-state index is 11.4. The third kappa shape index (κ3) is 3.78. The van der Waals surface area contributed by atoms with Crippen LogP contribution in [0.4, 0.5) is 0 Å². The molecule has 0 spiro atoms. The molecule has 0 radical (unpaired) electrons. The predicted molar refractivity (Wildman–Crippen MR) is 66.7 cm³/mol. The molecule has 6 nitrogen and oxygen atoms in total. The molecule has 0 aliphatic rings. The van der Waals surface area contributed by atoms with E-state index in [0.717, 1.165) is 6.26 Å².